The van der Waals surface area contributed by atoms with Crippen molar-refractivity contribution in [2.75, 3.05) is 34.0 Å². The van der Waals surface area contributed by atoms with Crippen molar-refractivity contribution < 1.29 is 19.0 Å². The summed E-state index contributed by atoms with van der Waals surface area (Å²) in [6.07, 6.45) is 1.83. The smallest absolute Gasteiger partial charge is 0.257 e. The van der Waals surface area contributed by atoms with Gasteiger partial charge in [-0.1, -0.05) is 12.1 Å². The first-order valence-corrected chi connectivity index (χ1v) is 6.29. The second-order valence-corrected chi connectivity index (χ2v) is 3.99. The second-order valence-electron chi connectivity index (χ2n) is 3.99. The number of carbonyl (C=O) groups is 1. The Labute approximate surface area is 113 Å². The molecule has 0 saturated carbocycles. The zero-order valence-corrected chi connectivity index (χ0v) is 11.5. The Bertz CT molecular complexity index is 381. The minimum atomic E-state index is -0.136. The number of nitrogens with one attached hydrogen (secondary N) is 1. The quantitative estimate of drug-likeness (QED) is 0.691. The predicted molar refractivity (Wildman–Crippen MR) is 72.6 cm³/mol. The van der Waals surface area contributed by atoms with Crippen molar-refractivity contribution in [3.8, 4) is 11.5 Å². The molecule has 0 radical (unpaired) electrons. The third-order valence-corrected chi connectivity index (χ3v) is 2.53. The lowest BCUT2D eigenvalue weighted by molar-refractivity contribution is -0.123. The minimum absolute atomic E-state index is 0.00927. The van der Waals surface area contributed by atoms with Crippen LogP contribution in [0, 0.1) is 0 Å². The molecular formula is C14H21NO4. The highest BCUT2D eigenvalue weighted by Gasteiger charge is 2.06. The van der Waals surface area contributed by atoms with Crippen molar-refractivity contribution in [2.24, 2.45) is 0 Å². The summed E-state index contributed by atoms with van der Waals surface area (Å²) >= 11 is 0. The highest BCUT2D eigenvalue weighted by molar-refractivity contribution is 5.77. The number of benzene rings is 1. The Balaban J connectivity index is 2.22. The maximum absolute atomic E-state index is 11.5. The van der Waals surface area contributed by atoms with Crippen LogP contribution in [0.4, 0.5) is 0 Å². The number of para-hydroxylation sites is 2. The third-order valence-electron chi connectivity index (χ3n) is 2.53. The number of hydrogen-bond donors (Lipinski definition) is 1. The van der Waals surface area contributed by atoms with Gasteiger partial charge in [-0.25, -0.2) is 0 Å². The summed E-state index contributed by atoms with van der Waals surface area (Å²) in [6.45, 7) is 1.34. The van der Waals surface area contributed by atoms with Gasteiger partial charge in [0.05, 0.1) is 7.11 Å². The van der Waals surface area contributed by atoms with Gasteiger partial charge >= 0.3 is 0 Å². The minimum Gasteiger partial charge on any atom is -0.493 e. The molecule has 0 bridgehead atoms. The van der Waals surface area contributed by atoms with E-state index in [2.05, 4.69) is 5.32 Å². The SMILES string of the molecule is COCCCCNC(=O)COc1ccccc1OC. The summed E-state index contributed by atoms with van der Waals surface area (Å²) in [5.41, 5.74) is 0. The molecule has 0 saturated heterocycles. The molecule has 106 valence electrons. The van der Waals surface area contributed by atoms with Gasteiger partial charge in [0.1, 0.15) is 0 Å². The van der Waals surface area contributed by atoms with Gasteiger partial charge in [-0.05, 0) is 25.0 Å². The van der Waals surface area contributed by atoms with Crippen molar-refractivity contribution >= 4 is 5.91 Å². The molecule has 0 unspecified atom stereocenters. The highest BCUT2D eigenvalue weighted by Crippen LogP contribution is 2.25. The van der Waals surface area contributed by atoms with Gasteiger partial charge in [0, 0.05) is 20.3 Å². The summed E-state index contributed by atoms with van der Waals surface area (Å²) < 4.78 is 15.5. The molecule has 1 rings (SSSR count). The summed E-state index contributed by atoms with van der Waals surface area (Å²) in [4.78, 5) is 11.5. The molecule has 5 nitrogen and oxygen atoms in total. The average Bonchev–Trinajstić information content (AvgIpc) is 2.45. The van der Waals surface area contributed by atoms with Crippen LogP contribution in [0.1, 0.15) is 12.8 Å². The van der Waals surface area contributed by atoms with Gasteiger partial charge in [0.15, 0.2) is 18.1 Å². The standard InChI is InChI=1S/C14H21NO4/c1-17-10-6-5-9-15-14(16)11-19-13-8-4-3-7-12(13)18-2/h3-4,7-8H,5-6,9-11H2,1-2H3,(H,15,16). The molecule has 0 heterocycles. The number of hydrogen-bond acceptors (Lipinski definition) is 4. The largest absolute Gasteiger partial charge is 0.493 e. The summed E-state index contributed by atoms with van der Waals surface area (Å²) in [6, 6.07) is 7.24. The third kappa shape index (κ3) is 6.10. The molecule has 0 aliphatic carbocycles. The molecule has 0 atom stereocenters. The number of ether oxygens (including phenoxy) is 3. The van der Waals surface area contributed by atoms with E-state index in [1.165, 1.54) is 0 Å². The maximum atomic E-state index is 11.5. The fourth-order valence-electron chi connectivity index (χ4n) is 1.53. The number of unbranched alkanes of at least 4 members (excludes halogenated alkanes) is 1. The average molecular weight is 267 g/mol. The monoisotopic (exact) mass is 267 g/mol. The molecule has 1 N–H and O–H groups in total. The normalized spacial score (nSPS) is 10.0. The van der Waals surface area contributed by atoms with Crippen LogP contribution >= 0.6 is 0 Å². The maximum Gasteiger partial charge on any atom is 0.257 e. The lowest BCUT2D eigenvalue weighted by atomic mass is 10.3. The zero-order chi connectivity index (χ0) is 13.9. The Hall–Kier alpha value is -1.75. The van der Waals surface area contributed by atoms with Crippen molar-refractivity contribution in [1.82, 2.24) is 5.32 Å². The van der Waals surface area contributed by atoms with E-state index in [4.69, 9.17) is 14.2 Å². The predicted octanol–water partition coefficient (Wildman–Crippen LogP) is 1.62. The molecule has 1 aromatic rings. The summed E-state index contributed by atoms with van der Waals surface area (Å²) in [5.74, 6) is 1.05. The fourth-order valence-corrected chi connectivity index (χ4v) is 1.53. The first-order valence-electron chi connectivity index (χ1n) is 6.29. The van der Waals surface area contributed by atoms with E-state index >= 15 is 0 Å². The Kier molecular flexibility index (Phi) is 7.43. The van der Waals surface area contributed by atoms with Crippen LogP contribution in [0.25, 0.3) is 0 Å². The van der Waals surface area contributed by atoms with E-state index in [1.807, 2.05) is 12.1 Å². The molecular weight excluding hydrogens is 246 g/mol. The van der Waals surface area contributed by atoms with Gasteiger partial charge in [-0.15, -0.1) is 0 Å². The van der Waals surface area contributed by atoms with Crippen LogP contribution < -0.4 is 14.8 Å². The number of amides is 1. The van der Waals surface area contributed by atoms with Crippen LogP contribution in [0.5, 0.6) is 11.5 Å². The van der Waals surface area contributed by atoms with E-state index in [1.54, 1.807) is 26.4 Å². The van der Waals surface area contributed by atoms with Gasteiger partial charge in [0.2, 0.25) is 0 Å². The van der Waals surface area contributed by atoms with E-state index in [-0.39, 0.29) is 12.5 Å². The lowest BCUT2D eigenvalue weighted by Crippen LogP contribution is -2.29. The van der Waals surface area contributed by atoms with Crippen LogP contribution in [-0.4, -0.2) is 39.9 Å². The molecule has 1 amide bonds. The van der Waals surface area contributed by atoms with E-state index < -0.39 is 0 Å². The molecule has 0 aliphatic rings. The summed E-state index contributed by atoms with van der Waals surface area (Å²) in [5, 5.41) is 2.79. The fraction of sp³-hybridized carbons (Fsp3) is 0.500. The van der Waals surface area contributed by atoms with Gasteiger partial charge in [0.25, 0.3) is 5.91 Å². The number of rotatable bonds is 9. The van der Waals surface area contributed by atoms with Crippen molar-refractivity contribution in [3.63, 3.8) is 0 Å². The molecule has 5 heteroatoms. The van der Waals surface area contributed by atoms with Crippen molar-refractivity contribution in [1.29, 1.82) is 0 Å². The van der Waals surface area contributed by atoms with Gasteiger partial charge < -0.3 is 19.5 Å². The molecule has 0 spiro atoms. The Morgan fingerprint density at radius 3 is 2.58 bits per heavy atom. The molecule has 1 aromatic carbocycles. The van der Waals surface area contributed by atoms with Crippen LogP contribution in [0.2, 0.25) is 0 Å². The van der Waals surface area contributed by atoms with Gasteiger partial charge in [-0.3, -0.25) is 4.79 Å². The highest BCUT2D eigenvalue weighted by atomic mass is 16.5. The molecule has 0 fully saturated rings. The van der Waals surface area contributed by atoms with Crippen molar-refractivity contribution in [3.05, 3.63) is 24.3 Å². The second kappa shape index (κ2) is 9.22. The van der Waals surface area contributed by atoms with Crippen molar-refractivity contribution in [2.45, 2.75) is 12.8 Å². The van der Waals surface area contributed by atoms with Gasteiger partial charge in [-0.2, -0.15) is 0 Å². The van der Waals surface area contributed by atoms with E-state index in [9.17, 15) is 4.79 Å². The Morgan fingerprint density at radius 2 is 1.89 bits per heavy atom. The first-order chi connectivity index (χ1) is 9.27. The lowest BCUT2D eigenvalue weighted by Gasteiger charge is -2.10. The Morgan fingerprint density at radius 1 is 1.16 bits per heavy atom. The number of methoxy groups -OCH3 is 2. The molecule has 0 aliphatic heterocycles. The number of carbonyl (C=O) groups excluding carboxylic acids is 1. The van der Waals surface area contributed by atoms with Crippen LogP contribution in [0.15, 0.2) is 24.3 Å². The molecule has 0 aromatic heterocycles. The first kappa shape index (κ1) is 15.3. The molecule has 19 heavy (non-hydrogen) atoms. The summed E-state index contributed by atoms with van der Waals surface area (Å²) in [7, 11) is 3.23. The van der Waals surface area contributed by atoms with Crippen LogP contribution in [-0.2, 0) is 9.53 Å². The van der Waals surface area contributed by atoms with E-state index in [0.29, 0.717) is 24.7 Å². The zero-order valence-electron chi connectivity index (χ0n) is 11.5. The van der Waals surface area contributed by atoms with E-state index in [0.717, 1.165) is 12.8 Å². The van der Waals surface area contributed by atoms with Crippen LogP contribution in [0.3, 0.4) is 0 Å². The topological polar surface area (TPSA) is 56.8 Å².